The van der Waals surface area contributed by atoms with E-state index in [9.17, 15) is 9.59 Å². The SMILES string of the molecule is O=C(Nc1cccnc1C(=O)O)c1ccc(CO)cc1. The molecule has 3 N–H and O–H groups in total. The number of nitrogens with one attached hydrogen (secondary N) is 1. The maximum Gasteiger partial charge on any atom is 0.356 e. The van der Waals surface area contributed by atoms with Crippen LogP contribution in [0.3, 0.4) is 0 Å². The van der Waals surface area contributed by atoms with Crippen molar-refractivity contribution in [3.63, 3.8) is 0 Å². The van der Waals surface area contributed by atoms with Crippen molar-refractivity contribution in [1.29, 1.82) is 0 Å². The molecule has 0 saturated heterocycles. The van der Waals surface area contributed by atoms with Crippen molar-refractivity contribution in [2.45, 2.75) is 6.61 Å². The molecule has 1 amide bonds. The third-order valence-corrected chi connectivity index (χ3v) is 2.66. The Bertz CT molecular complexity index is 638. The molecule has 0 aliphatic heterocycles. The number of carboxylic acids is 1. The highest BCUT2D eigenvalue weighted by atomic mass is 16.4. The molecule has 0 saturated carbocycles. The van der Waals surface area contributed by atoms with Gasteiger partial charge in [-0.2, -0.15) is 0 Å². The molecule has 1 heterocycles. The number of aliphatic hydroxyl groups excluding tert-OH is 1. The van der Waals surface area contributed by atoms with Crippen LogP contribution in [0.4, 0.5) is 5.69 Å². The summed E-state index contributed by atoms with van der Waals surface area (Å²) >= 11 is 0. The minimum Gasteiger partial charge on any atom is -0.476 e. The average Bonchev–Trinajstić information content (AvgIpc) is 2.47. The van der Waals surface area contributed by atoms with E-state index in [0.717, 1.165) is 0 Å². The number of aliphatic hydroxyl groups is 1. The van der Waals surface area contributed by atoms with Gasteiger partial charge in [0.25, 0.3) is 5.91 Å². The zero-order valence-electron chi connectivity index (χ0n) is 10.4. The molecule has 20 heavy (non-hydrogen) atoms. The van der Waals surface area contributed by atoms with Gasteiger partial charge in [-0.05, 0) is 29.8 Å². The Kier molecular flexibility index (Phi) is 4.07. The average molecular weight is 272 g/mol. The summed E-state index contributed by atoms with van der Waals surface area (Å²) in [7, 11) is 0. The standard InChI is InChI=1S/C14H12N2O4/c17-8-9-3-5-10(6-4-9)13(18)16-11-2-1-7-15-12(11)14(19)20/h1-7,17H,8H2,(H,16,18)(H,19,20). The molecule has 0 atom stereocenters. The number of aromatic nitrogens is 1. The summed E-state index contributed by atoms with van der Waals surface area (Å²) in [6.07, 6.45) is 1.34. The van der Waals surface area contributed by atoms with Gasteiger partial charge in [0.15, 0.2) is 5.69 Å². The summed E-state index contributed by atoms with van der Waals surface area (Å²) in [5, 5.41) is 20.4. The molecule has 0 aliphatic rings. The monoisotopic (exact) mass is 272 g/mol. The van der Waals surface area contributed by atoms with Crippen LogP contribution in [0.5, 0.6) is 0 Å². The van der Waals surface area contributed by atoms with Crippen molar-refractivity contribution < 1.29 is 19.8 Å². The number of carbonyl (C=O) groups excluding carboxylic acids is 1. The summed E-state index contributed by atoms with van der Waals surface area (Å²) in [5.41, 5.74) is 0.973. The number of amides is 1. The van der Waals surface area contributed by atoms with E-state index < -0.39 is 11.9 Å². The first-order valence-corrected chi connectivity index (χ1v) is 5.81. The number of aromatic carboxylic acids is 1. The first-order valence-electron chi connectivity index (χ1n) is 5.81. The molecule has 0 radical (unpaired) electrons. The molecule has 2 aromatic rings. The fourth-order valence-corrected chi connectivity index (χ4v) is 1.63. The minimum absolute atomic E-state index is 0.104. The molecule has 0 bridgehead atoms. The lowest BCUT2D eigenvalue weighted by molar-refractivity contribution is 0.0691. The van der Waals surface area contributed by atoms with E-state index in [1.807, 2.05) is 0 Å². The number of hydrogen-bond acceptors (Lipinski definition) is 4. The number of hydrogen-bond donors (Lipinski definition) is 3. The predicted octanol–water partition coefficient (Wildman–Crippen LogP) is 1.52. The first kappa shape index (κ1) is 13.7. The second-order valence-corrected chi connectivity index (χ2v) is 4.01. The van der Waals surface area contributed by atoms with Gasteiger partial charge in [-0.25, -0.2) is 9.78 Å². The van der Waals surface area contributed by atoms with Crippen molar-refractivity contribution in [2.24, 2.45) is 0 Å². The fourth-order valence-electron chi connectivity index (χ4n) is 1.63. The molecule has 6 heteroatoms. The lowest BCUT2D eigenvalue weighted by Crippen LogP contribution is -2.15. The Hall–Kier alpha value is -2.73. The number of pyridine rings is 1. The second kappa shape index (κ2) is 5.94. The third kappa shape index (κ3) is 2.99. The van der Waals surface area contributed by atoms with E-state index in [1.54, 1.807) is 24.3 Å². The van der Waals surface area contributed by atoms with Gasteiger partial charge >= 0.3 is 5.97 Å². The normalized spacial score (nSPS) is 10.1. The Balaban J connectivity index is 2.21. The van der Waals surface area contributed by atoms with Crippen molar-refractivity contribution in [3.8, 4) is 0 Å². The molecule has 1 aromatic carbocycles. The zero-order valence-corrected chi connectivity index (χ0v) is 10.4. The molecule has 102 valence electrons. The van der Waals surface area contributed by atoms with E-state index in [0.29, 0.717) is 11.1 Å². The Morgan fingerprint density at radius 2 is 1.85 bits per heavy atom. The van der Waals surface area contributed by atoms with E-state index >= 15 is 0 Å². The van der Waals surface area contributed by atoms with Gasteiger partial charge in [0.05, 0.1) is 12.3 Å². The van der Waals surface area contributed by atoms with Crippen molar-refractivity contribution in [1.82, 2.24) is 4.98 Å². The molecule has 0 aliphatic carbocycles. The van der Waals surface area contributed by atoms with Crippen molar-refractivity contribution in [3.05, 3.63) is 59.4 Å². The van der Waals surface area contributed by atoms with Gasteiger partial charge < -0.3 is 15.5 Å². The third-order valence-electron chi connectivity index (χ3n) is 2.66. The minimum atomic E-state index is -1.21. The number of carboxylic acid groups (broad SMARTS) is 1. The number of rotatable bonds is 4. The quantitative estimate of drug-likeness (QED) is 0.783. The Morgan fingerprint density at radius 3 is 2.45 bits per heavy atom. The summed E-state index contributed by atoms with van der Waals surface area (Å²) < 4.78 is 0. The summed E-state index contributed by atoms with van der Waals surface area (Å²) in [6.45, 7) is -0.104. The number of carbonyl (C=O) groups is 2. The van der Waals surface area contributed by atoms with Gasteiger partial charge in [0.1, 0.15) is 0 Å². The molecule has 2 rings (SSSR count). The van der Waals surface area contributed by atoms with Crippen LogP contribution < -0.4 is 5.32 Å². The van der Waals surface area contributed by atoms with Crippen molar-refractivity contribution >= 4 is 17.6 Å². The largest absolute Gasteiger partial charge is 0.476 e. The van der Waals surface area contributed by atoms with Crippen LogP contribution in [0.2, 0.25) is 0 Å². The van der Waals surface area contributed by atoms with Crippen LogP contribution in [0.15, 0.2) is 42.6 Å². The van der Waals surface area contributed by atoms with Crippen LogP contribution in [-0.4, -0.2) is 27.1 Å². The highest BCUT2D eigenvalue weighted by molar-refractivity contribution is 6.07. The lowest BCUT2D eigenvalue weighted by atomic mass is 10.1. The second-order valence-electron chi connectivity index (χ2n) is 4.01. The van der Waals surface area contributed by atoms with E-state index in [-0.39, 0.29) is 18.0 Å². The molecule has 0 spiro atoms. The van der Waals surface area contributed by atoms with Crippen LogP contribution >= 0.6 is 0 Å². The molecule has 0 fully saturated rings. The van der Waals surface area contributed by atoms with E-state index in [4.69, 9.17) is 10.2 Å². The fraction of sp³-hybridized carbons (Fsp3) is 0.0714. The lowest BCUT2D eigenvalue weighted by Gasteiger charge is -2.07. The number of nitrogens with zero attached hydrogens (tertiary/aromatic N) is 1. The first-order chi connectivity index (χ1) is 9.61. The highest BCUT2D eigenvalue weighted by Crippen LogP contribution is 2.14. The van der Waals surface area contributed by atoms with E-state index in [2.05, 4.69) is 10.3 Å². The van der Waals surface area contributed by atoms with Crippen LogP contribution in [0, 0.1) is 0 Å². The van der Waals surface area contributed by atoms with Gasteiger partial charge in [-0.1, -0.05) is 12.1 Å². The maximum atomic E-state index is 12.0. The van der Waals surface area contributed by atoms with Crippen LogP contribution in [0.25, 0.3) is 0 Å². The molecule has 1 aromatic heterocycles. The summed E-state index contributed by atoms with van der Waals surface area (Å²) in [5.74, 6) is -1.65. The zero-order chi connectivity index (χ0) is 14.5. The predicted molar refractivity (Wildman–Crippen MR) is 71.5 cm³/mol. The Morgan fingerprint density at radius 1 is 1.15 bits per heavy atom. The van der Waals surface area contributed by atoms with Gasteiger partial charge in [0, 0.05) is 11.8 Å². The van der Waals surface area contributed by atoms with Crippen LogP contribution in [0.1, 0.15) is 26.4 Å². The summed E-state index contributed by atoms with van der Waals surface area (Å²) in [4.78, 5) is 26.7. The summed E-state index contributed by atoms with van der Waals surface area (Å²) in [6, 6.07) is 9.36. The Labute approximate surface area is 114 Å². The van der Waals surface area contributed by atoms with Gasteiger partial charge in [-0.3, -0.25) is 4.79 Å². The van der Waals surface area contributed by atoms with Gasteiger partial charge in [0.2, 0.25) is 0 Å². The molecule has 0 unspecified atom stereocenters. The topological polar surface area (TPSA) is 99.5 Å². The molecule has 6 nitrogen and oxygen atoms in total. The van der Waals surface area contributed by atoms with Crippen molar-refractivity contribution in [2.75, 3.05) is 5.32 Å². The van der Waals surface area contributed by atoms with Gasteiger partial charge in [-0.15, -0.1) is 0 Å². The smallest absolute Gasteiger partial charge is 0.356 e. The number of anilines is 1. The highest BCUT2D eigenvalue weighted by Gasteiger charge is 2.14. The number of benzene rings is 1. The maximum absolute atomic E-state index is 12.0. The molecular formula is C14H12N2O4. The molecular weight excluding hydrogens is 260 g/mol. The van der Waals surface area contributed by atoms with E-state index in [1.165, 1.54) is 18.3 Å². The van der Waals surface area contributed by atoms with Crippen LogP contribution in [-0.2, 0) is 6.61 Å².